The Balaban J connectivity index is 1.67. The van der Waals surface area contributed by atoms with Gasteiger partial charge in [0.15, 0.2) is 5.78 Å². The number of para-hydroxylation sites is 1. The van der Waals surface area contributed by atoms with E-state index in [0.29, 0.717) is 22.4 Å². The smallest absolute Gasteiger partial charge is 0.277 e. The Labute approximate surface area is 176 Å². The van der Waals surface area contributed by atoms with Gasteiger partial charge in [0.1, 0.15) is 11.6 Å². The second-order valence-corrected chi connectivity index (χ2v) is 7.27. The molecule has 2 atom stereocenters. The van der Waals surface area contributed by atoms with E-state index in [1.165, 1.54) is 24.3 Å². The standard InChI is InChI=1S/C23H15N3O5/c27-21(15-6-2-1-3-7-15)19-20(14-10-12-16(13-11-14)26(29)30)25-31-23(19)17-8-4-5-9-18(17)24-22(23)28/h1-13,19H,(H,24,28)/t19-,23-/m0/s1. The number of benzene rings is 3. The minimum absolute atomic E-state index is 0.0899. The molecule has 0 fully saturated rings. The first-order valence-corrected chi connectivity index (χ1v) is 9.53. The third kappa shape index (κ3) is 2.72. The Morgan fingerprint density at radius 2 is 1.68 bits per heavy atom. The Bertz CT molecular complexity index is 1250. The lowest BCUT2D eigenvalue weighted by Gasteiger charge is -2.26. The number of hydrogen-bond acceptors (Lipinski definition) is 6. The van der Waals surface area contributed by atoms with Crippen LogP contribution in [0.15, 0.2) is 84.0 Å². The van der Waals surface area contributed by atoms with Crippen molar-refractivity contribution in [1.82, 2.24) is 0 Å². The first-order chi connectivity index (χ1) is 15.0. The fraction of sp³-hybridized carbons (Fsp3) is 0.0870. The lowest BCUT2D eigenvalue weighted by molar-refractivity contribution is -0.384. The van der Waals surface area contributed by atoms with Gasteiger partial charge in [-0.1, -0.05) is 53.7 Å². The van der Waals surface area contributed by atoms with Crippen molar-refractivity contribution in [2.45, 2.75) is 5.60 Å². The highest BCUT2D eigenvalue weighted by molar-refractivity contribution is 6.24. The summed E-state index contributed by atoms with van der Waals surface area (Å²) >= 11 is 0. The van der Waals surface area contributed by atoms with Gasteiger partial charge in [-0.2, -0.15) is 0 Å². The molecule has 0 aromatic heterocycles. The largest absolute Gasteiger partial charge is 0.373 e. The van der Waals surface area contributed by atoms with Crippen molar-refractivity contribution in [1.29, 1.82) is 0 Å². The number of nitro benzene ring substituents is 1. The lowest BCUT2D eigenvalue weighted by atomic mass is 9.74. The second kappa shape index (κ2) is 6.88. The number of rotatable bonds is 4. The summed E-state index contributed by atoms with van der Waals surface area (Å²) in [4.78, 5) is 43.1. The molecular weight excluding hydrogens is 398 g/mol. The molecule has 0 bridgehead atoms. The van der Waals surface area contributed by atoms with E-state index >= 15 is 0 Å². The topological polar surface area (TPSA) is 111 Å². The summed E-state index contributed by atoms with van der Waals surface area (Å²) in [6.45, 7) is 0. The highest BCUT2D eigenvalue weighted by Gasteiger charge is 2.63. The summed E-state index contributed by atoms with van der Waals surface area (Å²) in [5, 5.41) is 18.0. The molecule has 8 heteroatoms. The van der Waals surface area contributed by atoms with Crippen molar-refractivity contribution >= 4 is 28.8 Å². The third-order valence-electron chi connectivity index (χ3n) is 5.58. The molecule has 152 valence electrons. The van der Waals surface area contributed by atoms with Gasteiger partial charge < -0.3 is 10.2 Å². The van der Waals surface area contributed by atoms with Crippen molar-refractivity contribution in [2.24, 2.45) is 11.1 Å². The number of nitro groups is 1. The number of oxime groups is 1. The number of anilines is 1. The quantitative estimate of drug-likeness (QED) is 0.398. The van der Waals surface area contributed by atoms with Crippen LogP contribution in [-0.2, 0) is 15.2 Å². The van der Waals surface area contributed by atoms with Gasteiger partial charge in [-0.3, -0.25) is 19.7 Å². The van der Waals surface area contributed by atoms with Crippen LogP contribution in [0.1, 0.15) is 21.5 Å². The summed E-state index contributed by atoms with van der Waals surface area (Å²) in [6, 6.07) is 21.3. The summed E-state index contributed by atoms with van der Waals surface area (Å²) < 4.78 is 0. The summed E-state index contributed by atoms with van der Waals surface area (Å²) in [5.74, 6) is -1.88. The van der Waals surface area contributed by atoms with E-state index in [9.17, 15) is 19.7 Å². The number of non-ortho nitro benzene ring substituents is 1. The molecular formula is C23H15N3O5. The van der Waals surface area contributed by atoms with Gasteiger partial charge >= 0.3 is 0 Å². The fourth-order valence-electron chi connectivity index (χ4n) is 4.10. The van der Waals surface area contributed by atoms with Crippen molar-refractivity contribution in [3.05, 3.63) is 106 Å². The van der Waals surface area contributed by atoms with Crippen molar-refractivity contribution in [3.63, 3.8) is 0 Å². The molecule has 3 aromatic carbocycles. The number of fused-ring (bicyclic) bond motifs is 2. The molecule has 0 unspecified atom stereocenters. The number of carbonyl (C=O) groups is 2. The van der Waals surface area contributed by atoms with Crippen LogP contribution < -0.4 is 5.32 Å². The molecule has 0 aliphatic carbocycles. The number of Topliss-reactive ketones (excluding diaryl/α,β-unsaturated/α-hetero) is 1. The number of hydrogen-bond donors (Lipinski definition) is 1. The molecule has 5 rings (SSSR count). The molecule has 1 amide bonds. The number of amides is 1. The molecule has 0 saturated carbocycles. The van der Waals surface area contributed by atoms with E-state index in [-0.39, 0.29) is 17.2 Å². The van der Waals surface area contributed by atoms with E-state index < -0.39 is 22.3 Å². The zero-order valence-electron chi connectivity index (χ0n) is 16.0. The molecule has 8 nitrogen and oxygen atoms in total. The van der Waals surface area contributed by atoms with Crippen molar-refractivity contribution < 1.29 is 19.3 Å². The molecule has 1 N–H and O–H groups in total. The predicted octanol–water partition coefficient (Wildman–Crippen LogP) is 3.68. The number of nitrogens with one attached hydrogen (secondary N) is 1. The monoisotopic (exact) mass is 413 g/mol. The molecule has 0 radical (unpaired) electrons. The third-order valence-corrected chi connectivity index (χ3v) is 5.58. The average Bonchev–Trinajstić information content (AvgIpc) is 3.33. The van der Waals surface area contributed by atoms with Crippen molar-refractivity contribution in [3.8, 4) is 0 Å². The highest BCUT2D eigenvalue weighted by Crippen LogP contribution is 2.49. The van der Waals surface area contributed by atoms with E-state index in [4.69, 9.17) is 4.84 Å². The maximum atomic E-state index is 13.7. The molecule has 2 aliphatic rings. The van der Waals surface area contributed by atoms with Gasteiger partial charge in [0.2, 0.25) is 0 Å². The van der Waals surface area contributed by atoms with Gasteiger partial charge in [-0.25, -0.2) is 0 Å². The predicted molar refractivity (Wildman–Crippen MR) is 112 cm³/mol. The van der Waals surface area contributed by atoms with Gasteiger partial charge in [-0.15, -0.1) is 0 Å². The summed E-state index contributed by atoms with van der Waals surface area (Å²) in [7, 11) is 0. The molecule has 3 aromatic rings. The zero-order valence-corrected chi connectivity index (χ0v) is 16.0. The minimum Gasteiger partial charge on any atom is -0.373 e. The first kappa shape index (κ1) is 18.7. The Morgan fingerprint density at radius 3 is 2.39 bits per heavy atom. The van der Waals surface area contributed by atoms with Crippen LogP contribution in [-0.4, -0.2) is 22.3 Å². The zero-order chi connectivity index (χ0) is 21.6. The van der Waals surface area contributed by atoms with Crippen molar-refractivity contribution in [2.75, 3.05) is 5.32 Å². The molecule has 2 heterocycles. The Morgan fingerprint density at radius 1 is 1.00 bits per heavy atom. The number of nitrogens with zero attached hydrogens (tertiary/aromatic N) is 2. The lowest BCUT2D eigenvalue weighted by Crippen LogP contribution is -2.46. The summed E-state index contributed by atoms with van der Waals surface area (Å²) in [5.41, 5.74) is 0.454. The number of carbonyl (C=O) groups excluding carboxylic acids is 2. The van der Waals surface area contributed by atoms with E-state index in [1.54, 1.807) is 54.6 Å². The normalized spacial score (nSPS) is 21.2. The maximum Gasteiger partial charge on any atom is 0.277 e. The van der Waals surface area contributed by atoms with Crippen LogP contribution in [0.3, 0.4) is 0 Å². The molecule has 31 heavy (non-hydrogen) atoms. The molecule has 1 spiro atoms. The van der Waals surface area contributed by atoms with Crippen LogP contribution in [0.25, 0.3) is 0 Å². The SMILES string of the molecule is O=C(c1ccccc1)[C@@H]1C(c2ccc([N+](=O)[O-])cc2)=NO[C@]12C(=O)Nc1ccccc12. The van der Waals surface area contributed by atoms with E-state index in [1.807, 2.05) is 0 Å². The number of ketones is 1. The van der Waals surface area contributed by atoms with Crippen LogP contribution >= 0.6 is 0 Å². The Kier molecular flexibility index (Phi) is 4.14. The highest BCUT2D eigenvalue weighted by atomic mass is 16.7. The maximum absolute atomic E-state index is 13.7. The van der Waals surface area contributed by atoms with Crippen LogP contribution in [0.2, 0.25) is 0 Å². The Hall–Kier alpha value is -4.33. The average molecular weight is 413 g/mol. The van der Waals surface area contributed by atoms with Gasteiger partial charge in [0.05, 0.1) is 4.92 Å². The fourth-order valence-corrected chi connectivity index (χ4v) is 4.10. The van der Waals surface area contributed by atoms with E-state index in [2.05, 4.69) is 10.5 Å². The molecule has 0 saturated heterocycles. The van der Waals surface area contributed by atoms with Gasteiger partial charge in [-0.05, 0) is 18.2 Å². The van der Waals surface area contributed by atoms with Crippen LogP contribution in [0.5, 0.6) is 0 Å². The van der Waals surface area contributed by atoms with E-state index in [0.717, 1.165) is 0 Å². The second-order valence-electron chi connectivity index (χ2n) is 7.27. The van der Waals surface area contributed by atoms with Gasteiger partial charge in [0.25, 0.3) is 17.2 Å². The van der Waals surface area contributed by atoms with Gasteiger partial charge in [0, 0.05) is 34.5 Å². The minimum atomic E-state index is -1.65. The molecule has 2 aliphatic heterocycles. The summed E-state index contributed by atoms with van der Waals surface area (Å²) in [6.07, 6.45) is 0. The first-order valence-electron chi connectivity index (χ1n) is 9.53. The van der Waals surface area contributed by atoms with Crippen LogP contribution in [0, 0.1) is 16.0 Å². The van der Waals surface area contributed by atoms with Crippen LogP contribution in [0.4, 0.5) is 11.4 Å².